The van der Waals surface area contributed by atoms with Crippen molar-refractivity contribution in [3.8, 4) is 0 Å². The minimum atomic E-state index is -0.410. The number of fused-ring (bicyclic) bond motifs is 1. The van der Waals surface area contributed by atoms with E-state index in [-0.39, 0.29) is 10.6 Å². The van der Waals surface area contributed by atoms with Gasteiger partial charge in [0.25, 0.3) is 0 Å². The summed E-state index contributed by atoms with van der Waals surface area (Å²) in [7, 11) is 0. The van der Waals surface area contributed by atoms with Crippen molar-refractivity contribution in [3.63, 3.8) is 0 Å². The van der Waals surface area contributed by atoms with E-state index in [4.69, 9.17) is 23.8 Å². The Morgan fingerprint density at radius 1 is 1.50 bits per heavy atom. The number of aromatic amines is 1. The van der Waals surface area contributed by atoms with Crippen LogP contribution in [0.3, 0.4) is 0 Å². The molecule has 2 nitrogen and oxygen atoms in total. The third-order valence-corrected chi connectivity index (χ3v) is 4.72. The molecule has 0 spiro atoms. The van der Waals surface area contributed by atoms with Gasteiger partial charge in [-0.15, -0.1) is 0 Å². The maximum atomic E-state index is 13.5. The molecule has 0 unspecified atom stereocenters. The highest BCUT2D eigenvalue weighted by Crippen LogP contribution is 2.44. The van der Waals surface area contributed by atoms with Crippen LogP contribution < -0.4 is 0 Å². The predicted molar refractivity (Wildman–Crippen MR) is 74.2 cm³/mol. The minimum Gasteiger partial charge on any atom is -0.330 e. The Bertz CT molecular complexity index is 664. The summed E-state index contributed by atoms with van der Waals surface area (Å²) >= 11 is 11.3. The number of H-pyrrole nitrogens is 1. The molecule has 1 fully saturated rings. The fraction of sp³-hybridized carbons (Fsp3) is 0.462. The van der Waals surface area contributed by atoms with E-state index in [0.29, 0.717) is 4.77 Å². The number of imidazole rings is 1. The van der Waals surface area contributed by atoms with Crippen molar-refractivity contribution in [2.45, 2.75) is 38.1 Å². The highest BCUT2D eigenvalue weighted by Gasteiger charge is 2.38. The number of hydrogen-bond acceptors (Lipinski definition) is 1. The van der Waals surface area contributed by atoms with Gasteiger partial charge in [-0.05, 0) is 44.0 Å². The summed E-state index contributed by atoms with van der Waals surface area (Å²) in [5.41, 5.74) is 1.73. The van der Waals surface area contributed by atoms with Gasteiger partial charge in [-0.25, -0.2) is 4.39 Å². The molecular weight excluding hydrogens is 271 g/mol. The van der Waals surface area contributed by atoms with Crippen molar-refractivity contribution < 1.29 is 4.39 Å². The van der Waals surface area contributed by atoms with Crippen LogP contribution in [0.4, 0.5) is 4.39 Å². The molecule has 0 bridgehead atoms. The third kappa shape index (κ3) is 1.55. The molecule has 1 aliphatic carbocycles. The van der Waals surface area contributed by atoms with Crippen molar-refractivity contribution in [2.24, 2.45) is 0 Å². The predicted octanol–water partition coefficient (Wildman–Crippen LogP) is 4.78. The number of nitrogens with zero attached hydrogens (tertiary/aromatic N) is 1. The molecule has 18 heavy (non-hydrogen) atoms. The Morgan fingerprint density at radius 2 is 2.22 bits per heavy atom. The second kappa shape index (κ2) is 4.07. The number of aromatic nitrogens is 2. The fourth-order valence-electron chi connectivity index (χ4n) is 2.89. The zero-order valence-corrected chi connectivity index (χ0v) is 11.7. The van der Waals surface area contributed by atoms with Gasteiger partial charge in [-0.3, -0.25) is 0 Å². The summed E-state index contributed by atoms with van der Waals surface area (Å²) in [5, 5.41) is 0.149. The topological polar surface area (TPSA) is 20.7 Å². The lowest BCUT2D eigenvalue weighted by molar-refractivity contribution is 0.140. The summed E-state index contributed by atoms with van der Waals surface area (Å²) in [6.07, 6.45) is 4.50. The Kier molecular flexibility index (Phi) is 2.75. The number of hydrogen-bond donors (Lipinski definition) is 1. The minimum absolute atomic E-state index is 0.0937. The molecule has 0 aliphatic heterocycles. The Hall–Kier alpha value is -0.870. The summed E-state index contributed by atoms with van der Waals surface area (Å²) < 4.78 is 16.3. The van der Waals surface area contributed by atoms with Crippen LogP contribution in [0.2, 0.25) is 5.02 Å². The maximum absolute atomic E-state index is 13.5. The standard InChI is InChI=1S/C13H14ClFN2S/c1-2-13(4-3-5-13)17-11-6-8(14)9(15)7-10(11)16-12(17)18/h6-7H,2-5H2,1H3,(H,16,18). The smallest absolute Gasteiger partial charge is 0.178 e. The molecule has 2 aromatic rings. The van der Waals surface area contributed by atoms with Gasteiger partial charge >= 0.3 is 0 Å². The van der Waals surface area contributed by atoms with Gasteiger partial charge in [-0.2, -0.15) is 0 Å². The first kappa shape index (κ1) is 12.2. The summed E-state index contributed by atoms with van der Waals surface area (Å²) in [5.74, 6) is -0.410. The molecule has 96 valence electrons. The Balaban J connectivity index is 2.32. The molecule has 1 heterocycles. The van der Waals surface area contributed by atoms with Gasteiger partial charge in [0.2, 0.25) is 0 Å². The van der Waals surface area contributed by atoms with E-state index < -0.39 is 5.82 Å². The van der Waals surface area contributed by atoms with Gasteiger partial charge in [-0.1, -0.05) is 18.5 Å². The molecule has 0 saturated heterocycles. The first-order chi connectivity index (χ1) is 8.57. The second-order valence-electron chi connectivity index (χ2n) is 4.98. The first-order valence-corrected chi connectivity index (χ1v) is 6.96. The van der Waals surface area contributed by atoms with E-state index >= 15 is 0 Å². The lowest BCUT2D eigenvalue weighted by Crippen LogP contribution is -2.39. The summed E-state index contributed by atoms with van der Waals surface area (Å²) in [6.45, 7) is 2.17. The van der Waals surface area contributed by atoms with Crippen molar-refractivity contribution >= 4 is 34.9 Å². The largest absolute Gasteiger partial charge is 0.330 e. The number of nitrogens with one attached hydrogen (secondary N) is 1. The molecule has 1 saturated carbocycles. The molecule has 5 heteroatoms. The van der Waals surface area contributed by atoms with Gasteiger partial charge in [0.1, 0.15) is 5.82 Å². The molecule has 1 aromatic carbocycles. The molecule has 0 atom stereocenters. The number of benzene rings is 1. The van der Waals surface area contributed by atoms with Gasteiger partial charge in [0.05, 0.1) is 16.1 Å². The van der Waals surface area contributed by atoms with Gasteiger partial charge in [0, 0.05) is 11.6 Å². The summed E-state index contributed by atoms with van der Waals surface area (Å²) in [6, 6.07) is 3.10. The van der Waals surface area contributed by atoms with Crippen molar-refractivity contribution in [3.05, 3.63) is 27.7 Å². The van der Waals surface area contributed by atoms with E-state index in [1.165, 1.54) is 12.5 Å². The van der Waals surface area contributed by atoms with E-state index in [1.54, 1.807) is 6.07 Å². The van der Waals surface area contributed by atoms with E-state index in [2.05, 4.69) is 16.5 Å². The lowest BCUT2D eigenvalue weighted by Gasteiger charge is -2.43. The molecule has 0 radical (unpaired) electrons. The fourth-order valence-corrected chi connectivity index (χ4v) is 3.45. The molecule has 0 amide bonds. The normalized spacial score (nSPS) is 17.9. The van der Waals surface area contributed by atoms with Crippen LogP contribution in [0.1, 0.15) is 32.6 Å². The molecule has 1 aromatic heterocycles. The van der Waals surface area contributed by atoms with Crippen LogP contribution in [0.25, 0.3) is 11.0 Å². The van der Waals surface area contributed by atoms with E-state index in [0.717, 1.165) is 30.3 Å². The average molecular weight is 285 g/mol. The zero-order chi connectivity index (χ0) is 12.9. The quantitative estimate of drug-likeness (QED) is 0.787. The van der Waals surface area contributed by atoms with E-state index in [1.807, 2.05) is 0 Å². The SMILES string of the molecule is CCC1(n2c(=S)[nH]c3cc(F)c(Cl)cc32)CCC1. The van der Waals surface area contributed by atoms with Crippen LogP contribution in [-0.2, 0) is 5.54 Å². The van der Waals surface area contributed by atoms with Crippen molar-refractivity contribution in [1.82, 2.24) is 9.55 Å². The molecule has 3 rings (SSSR count). The molecule has 1 aliphatic rings. The zero-order valence-electron chi connectivity index (χ0n) is 10.1. The van der Waals surface area contributed by atoms with Crippen LogP contribution in [0, 0.1) is 10.6 Å². The summed E-state index contributed by atoms with van der Waals surface area (Å²) in [4.78, 5) is 3.08. The Labute approximate surface area is 115 Å². The van der Waals surface area contributed by atoms with Crippen molar-refractivity contribution in [1.29, 1.82) is 0 Å². The third-order valence-electron chi connectivity index (χ3n) is 4.14. The molecule has 1 N–H and O–H groups in total. The lowest BCUT2D eigenvalue weighted by atomic mass is 9.74. The van der Waals surface area contributed by atoms with Crippen LogP contribution >= 0.6 is 23.8 Å². The van der Waals surface area contributed by atoms with Crippen LogP contribution in [0.15, 0.2) is 12.1 Å². The van der Waals surface area contributed by atoms with Gasteiger partial charge in [0.15, 0.2) is 4.77 Å². The van der Waals surface area contributed by atoms with Crippen LogP contribution in [-0.4, -0.2) is 9.55 Å². The second-order valence-corrected chi connectivity index (χ2v) is 5.77. The molecular formula is C13H14ClFN2S. The highest BCUT2D eigenvalue weighted by atomic mass is 35.5. The average Bonchev–Trinajstić information content (AvgIpc) is 2.57. The highest BCUT2D eigenvalue weighted by molar-refractivity contribution is 7.71. The maximum Gasteiger partial charge on any atom is 0.178 e. The number of rotatable bonds is 2. The first-order valence-electron chi connectivity index (χ1n) is 6.18. The van der Waals surface area contributed by atoms with E-state index in [9.17, 15) is 4.39 Å². The van der Waals surface area contributed by atoms with Gasteiger partial charge < -0.3 is 9.55 Å². The number of halogens is 2. The Morgan fingerprint density at radius 3 is 2.78 bits per heavy atom. The van der Waals surface area contributed by atoms with Crippen LogP contribution in [0.5, 0.6) is 0 Å². The van der Waals surface area contributed by atoms with Crippen molar-refractivity contribution in [2.75, 3.05) is 0 Å². The monoisotopic (exact) mass is 284 g/mol.